The van der Waals surface area contributed by atoms with Crippen LogP contribution in [-0.4, -0.2) is 63.0 Å². The van der Waals surface area contributed by atoms with E-state index < -0.39 is 10.0 Å². The summed E-state index contributed by atoms with van der Waals surface area (Å²) in [6.45, 7) is 3.89. The fraction of sp³-hybridized carbons (Fsp3) is 0.458. The summed E-state index contributed by atoms with van der Waals surface area (Å²) in [6, 6.07) is 11.2. The summed E-state index contributed by atoms with van der Waals surface area (Å²) in [6.07, 6.45) is 2.65. The molecule has 174 valence electrons. The van der Waals surface area contributed by atoms with E-state index in [1.54, 1.807) is 16.4 Å². The smallest absolute Gasteiger partial charge is 0.243 e. The molecule has 2 aromatic rings. The second-order valence-corrected chi connectivity index (χ2v) is 11.1. The van der Waals surface area contributed by atoms with Crippen molar-refractivity contribution in [2.24, 2.45) is 5.92 Å². The van der Waals surface area contributed by atoms with Gasteiger partial charge in [-0.1, -0.05) is 6.07 Å². The summed E-state index contributed by atoms with van der Waals surface area (Å²) >= 11 is 0. The van der Waals surface area contributed by atoms with E-state index in [4.69, 9.17) is 9.47 Å². The molecule has 9 heteroatoms. The van der Waals surface area contributed by atoms with Gasteiger partial charge in [-0.05, 0) is 60.7 Å². The van der Waals surface area contributed by atoms with Gasteiger partial charge in [-0.3, -0.25) is 9.69 Å². The average Bonchev–Trinajstić information content (AvgIpc) is 3.42. The van der Waals surface area contributed by atoms with E-state index in [0.29, 0.717) is 44.0 Å². The summed E-state index contributed by atoms with van der Waals surface area (Å²) in [4.78, 5) is 16.9. The Morgan fingerprint density at radius 1 is 0.939 bits per heavy atom. The first-order valence-corrected chi connectivity index (χ1v) is 13.0. The second kappa shape index (κ2) is 8.00. The molecule has 0 N–H and O–H groups in total. The van der Waals surface area contributed by atoms with Crippen molar-refractivity contribution < 1.29 is 22.7 Å². The van der Waals surface area contributed by atoms with Crippen LogP contribution < -0.4 is 14.4 Å². The third kappa shape index (κ3) is 3.88. The zero-order chi connectivity index (χ0) is 22.6. The van der Waals surface area contributed by atoms with Crippen LogP contribution in [0, 0.1) is 5.92 Å². The maximum Gasteiger partial charge on any atom is 0.243 e. The number of hydrogen-bond acceptors (Lipinski definition) is 6. The fourth-order valence-corrected chi connectivity index (χ4v) is 6.37. The Bertz CT molecular complexity index is 1200. The topological polar surface area (TPSA) is 79.4 Å². The number of anilines is 1. The molecule has 3 aliphatic heterocycles. The van der Waals surface area contributed by atoms with Crippen molar-refractivity contribution in [3.8, 4) is 11.5 Å². The third-order valence-electron chi connectivity index (χ3n) is 6.95. The van der Waals surface area contributed by atoms with Crippen LogP contribution in [0.1, 0.15) is 24.0 Å². The quantitative estimate of drug-likeness (QED) is 0.668. The lowest BCUT2D eigenvalue weighted by Gasteiger charge is -2.34. The molecule has 0 spiro atoms. The standard InChI is InChI=1S/C24H27N3O5S/c28-24(18-2-3-18)27-8-7-19-14-20(4-5-21(19)27)33(29,30)26-11-9-25(10-12-26)15-17-1-6-22-23(13-17)32-16-31-22/h1,4-6,13-14,18H,2-3,7-12,15-16H2. The van der Waals surface area contributed by atoms with Crippen molar-refractivity contribution in [2.45, 2.75) is 30.7 Å². The van der Waals surface area contributed by atoms with Gasteiger partial charge in [0.15, 0.2) is 11.5 Å². The van der Waals surface area contributed by atoms with Gasteiger partial charge in [0.2, 0.25) is 22.7 Å². The van der Waals surface area contributed by atoms with Crippen LogP contribution in [-0.2, 0) is 27.8 Å². The number of amides is 1. The number of rotatable bonds is 5. The normalized spacial score (nSPS) is 20.8. The number of sulfonamides is 1. The van der Waals surface area contributed by atoms with Gasteiger partial charge in [-0.25, -0.2) is 8.42 Å². The van der Waals surface area contributed by atoms with E-state index in [1.165, 1.54) is 0 Å². The Kier molecular flexibility index (Phi) is 5.08. The molecular weight excluding hydrogens is 442 g/mol. The lowest BCUT2D eigenvalue weighted by molar-refractivity contribution is -0.119. The van der Waals surface area contributed by atoms with E-state index in [2.05, 4.69) is 4.90 Å². The third-order valence-corrected chi connectivity index (χ3v) is 8.85. The molecule has 0 unspecified atom stereocenters. The minimum atomic E-state index is -3.56. The van der Waals surface area contributed by atoms with Crippen molar-refractivity contribution in [1.29, 1.82) is 0 Å². The molecule has 1 amide bonds. The molecule has 1 aliphatic carbocycles. The largest absolute Gasteiger partial charge is 0.454 e. The number of hydrogen-bond donors (Lipinski definition) is 0. The molecule has 1 saturated heterocycles. The van der Waals surface area contributed by atoms with Crippen molar-refractivity contribution in [1.82, 2.24) is 9.21 Å². The first-order valence-electron chi connectivity index (χ1n) is 11.5. The second-order valence-electron chi connectivity index (χ2n) is 9.17. The molecule has 3 heterocycles. The van der Waals surface area contributed by atoms with Crippen LogP contribution in [0.5, 0.6) is 11.5 Å². The van der Waals surface area contributed by atoms with Crippen LogP contribution in [0.4, 0.5) is 5.69 Å². The van der Waals surface area contributed by atoms with Crippen LogP contribution >= 0.6 is 0 Å². The van der Waals surface area contributed by atoms with Gasteiger partial charge in [0, 0.05) is 50.9 Å². The predicted octanol–water partition coefficient (Wildman–Crippen LogP) is 2.22. The summed E-state index contributed by atoms with van der Waals surface area (Å²) < 4.78 is 39.0. The molecule has 6 rings (SSSR count). The molecule has 2 fully saturated rings. The van der Waals surface area contributed by atoms with Gasteiger partial charge >= 0.3 is 0 Å². The molecule has 1 saturated carbocycles. The average molecular weight is 470 g/mol. The minimum Gasteiger partial charge on any atom is -0.454 e. The summed E-state index contributed by atoms with van der Waals surface area (Å²) in [5.74, 6) is 1.88. The Balaban J connectivity index is 1.11. The van der Waals surface area contributed by atoms with Crippen LogP contribution in [0.3, 0.4) is 0 Å². The van der Waals surface area contributed by atoms with Crippen LogP contribution in [0.15, 0.2) is 41.3 Å². The molecule has 33 heavy (non-hydrogen) atoms. The number of piperazine rings is 1. The van der Waals surface area contributed by atoms with E-state index in [1.807, 2.05) is 29.2 Å². The molecule has 8 nitrogen and oxygen atoms in total. The minimum absolute atomic E-state index is 0.160. The SMILES string of the molecule is O=C(C1CC1)N1CCc2cc(S(=O)(=O)N3CCN(Cc4ccc5c(c4)OCO5)CC3)ccc21. The van der Waals surface area contributed by atoms with E-state index in [9.17, 15) is 13.2 Å². The molecule has 0 aromatic heterocycles. The molecular formula is C24H27N3O5S. The fourth-order valence-electron chi connectivity index (χ4n) is 4.89. The molecule has 2 aromatic carbocycles. The lowest BCUT2D eigenvalue weighted by atomic mass is 10.2. The van der Waals surface area contributed by atoms with Crippen LogP contribution in [0.25, 0.3) is 0 Å². The van der Waals surface area contributed by atoms with Crippen molar-refractivity contribution in [3.63, 3.8) is 0 Å². The number of carbonyl (C=O) groups is 1. The predicted molar refractivity (Wildman–Crippen MR) is 122 cm³/mol. The highest BCUT2D eigenvalue weighted by molar-refractivity contribution is 7.89. The van der Waals surface area contributed by atoms with Gasteiger partial charge in [0.1, 0.15) is 0 Å². The van der Waals surface area contributed by atoms with E-state index in [0.717, 1.165) is 47.7 Å². The van der Waals surface area contributed by atoms with Crippen molar-refractivity contribution >= 4 is 21.6 Å². The van der Waals surface area contributed by atoms with Crippen molar-refractivity contribution in [3.05, 3.63) is 47.5 Å². The number of nitrogens with zero attached hydrogens (tertiary/aromatic N) is 3. The van der Waals surface area contributed by atoms with Gasteiger partial charge < -0.3 is 14.4 Å². The molecule has 0 atom stereocenters. The number of benzene rings is 2. The van der Waals surface area contributed by atoms with E-state index in [-0.39, 0.29) is 18.6 Å². The van der Waals surface area contributed by atoms with E-state index >= 15 is 0 Å². The number of carbonyl (C=O) groups excluding carboxylic acids is 1. The number of ether oxygens (including phenoxy) is 2. The molecule has 0 radical (unpaired) electrons. The molecule has 4 aliphatic rings. The number of fused-ring (bicyclic) bond motifs is 2. The first-order chi connectivity index (χ1) is 16.0. The first kappa shape index (κ1) is 20.9. The Morgan fingerprint density at radius 2 is 1.73 bits per heavy atom. The summed E-state index contributed by atoms with van der Waals surface area (Å²) in [7, 11) is -3.56. The zero-order valence-electron chi connectivity index (χ0n) is 18.4. The zero-order valence-corrected chi connectivity index (χ0v) is 19.2. The highest BCUT2D eigenvalue weighted by Gasteiger charge is 2.37. The molecule has 0 bridgehead atoms. The maximum absolute atomic E-state index is 13.3. The highest BCUT2D eigenvalue weighted by Crippen LogP contribution is 2.37. The summed E-state index contributed by atoms with van der Waals surface area (Å²) in [5, 5.41) is 0. The Hall–Kier alpha value is -2.62. The maximum atomic E-state index is 13.3. The lowest BCUT2D eigenvalue weighted by Crippen LogP contribution is -2.48. The highest BCUT2D eigenvalue weighted by atomic mass is 32.2. The van der Waals surface area contributed by atoms with Gasteiger partial charge in [0.25, 0.3) is 0 Å². The van der Waals surface area contributed by atoms with Gasteiger partial charge in [-0.15, -0.1) is 0 Å². The monoisotopic (exact) mass is 469 g/mol. The van der Waals surface area contributed by atoms with Crippen molar-refractivity contribution in [2.75, 3.05) is 44.4 Å². The van der Waals surface area contributed by atoms with Crippen LogP contribution in [0.2, 0.25) is 0 Å². The van der Waals surface area contributed by atoms with Gasteiger partial charge in [0.05, 0.1) is 4.90 Å². The van der Waals surface area contributed by atoms with Gasteiger partial charge in [-0.2, -0.15) is 4.31 Å². The Morgan fingerprint density at radius 3 is 2.52 bits per heavy atom. The summed E-state index contributed by atoms with van der Waals surface area (Å²) in [5.41, 5.74) is 2.95. The Labute approximate surface area is 193 Å².